The number of hydrogen-bond acceptors (Lipinski definition) is 12. The van der Waals surface area contributed by atoms with Crippen LogP contribution in [0.1, 0.15) is 27.0 Å². The van der Waals surface area contributed by atoms with Crippen LogP contribution in [0.3, 0.4) is 0 Å². The first kappa shape index (κ1) is 21.8. The van der Waals surface area contributed by atoms with Crippen molar-refractivity contribution in [2.24, 2.45) is 0 Å². The second-order valence-electron chi connectivity index (χ2n) is 6.43. The molecule has 2 N–H and O–H groups in total. The van der Waals surface area contributed by atoms with Crippen molar-refractivity contribution in [3.8, 4) is 0 Å². The topological polar surface area (TPSA) is 158 Å². The number of nitrogens with zero attached hydrogens (tertiary/aromatic N) is 4. The summed E-state index contributed by atoms with van der Waals surface area (Å²) in [5, 5.41) is 5.54. The summed E-state index contributed by atoms with van der Waals surface area (Å²) < 4.78 is 23.2. The molecule has 12 nitrogen and oxygen atoms in total. The summed E-state index contributed by atoms with van der Waals surface area (Å²) in [6.07, 6.45) is -0.939. The lowest BCUT2D eigenvalue weighted by molar-refractivity contribution is -0.166. The average Bonchev–Trinajstić information content (AvgIpc) is 3.19. The molecule has 1 fully saturated rings. The molecule has 0 radical (unpaired) electrons. The van der Waals surface area contributed by atoms with Crippen LogP contribution in [0.5, 0.6) is 0 Å². The Balaban J connectivity index is 2.08. The van der Waals surface area contributed by atoms with E-state index in [1.54, 1.807) is 0 Å². The van der Waals surface area contributed by atoms with Gasteiger partial charge in [0.2, 0.25) is 0 Å². The molecule has 162 valence electrons. The Morgan fingerprint density at radius 2 is 1.80 bits per heavy atom. The zero-order chi connectivity index (χ0) is 22.0. The predicted octanol–water partition coefficient (Wildman–Crippen LogP) is 0.454. The van der Waals surface area contributed by atoms with Gasteiger partial charge in [0.25, 0.3) is 0 Å². The summed E-state index contributed by atoms with van der Waals surface area (Å²) in [7, 11) is 0. The van der Waals surface area contributed by atoms with Gasteiger partial charge < -0.3 is 24.7 Å². The van der Waals surface area contributed by atoms with E-state index in [1.165, 1.54) is 43.5 Å². The summed E-state index contributed by atoms with van der Waals surface area (Å²) in [6, 6.07) is 0. The SMILES string of the molecule is CSc1nn([C@@H]2O[C@H](COC(C)=O)[C@@H](OC(C)=O)[C@H]2OC(C)=O)c2ncnc(N)c12. The number of fused-ring (bicyclic) bond motifs is 1. The number of hydrogen-bond donors (Lipinski definition) is 1. The second kappa shape index (κ2) is 8.83. The molecule has 2 aromatic heterocycles. The molecule has 0 saturated carbocycles. The number of nitrogens with two attached hydrogens (primary N) is 1. The summed E-state index contributed by atoms with van der Waals surface area (Å²) in [5.41, 5.74) is 6.34. The van der Waals surface area contributed by atoms with Gasteiger partial charge in [-0.2, -0.15) is 5.10 Å². The van der Waals surface area contributed by atoms with E-state index in [0.717, 1.165) is 0 Å². The lowest BCUT2D eigenvalue weighted by Crippen LogP contribution is -2.40. The lowest BCUT2D eigenvalue weighted by Gasteiger charge is -2.23. The third-order valence-electron chi connectivity index (χ3n) is 4.26. The molecule has 0 spiro atoms. The molecule has 2 aromatic rings. The van der Waals surface area contributed by atoms with Crippen LogP contribution in [0.4, 0.5) is 5.82 Å². The molecule has 30 heavy (non-hydrogen) atoms. The van der Waals surface area contributed by atoms with Crippen LogP contribution < -0.4 is 5.73 Å². The molecule has 13 heteroatoms. The monoisotopic (exact) mass is 439 g/mol. The summed E-state index contributed by atoms with van der Waals surface area (Å²) in [5.74, 6) is -1.54. The van der Waals surface area contributed by atoms with E-state index in [4.69, 9.17) is 24.7 Å². The molecule has 4 atom stereocenters. The number of rotatable bonds is 6. The molecular weight excluding hydrogens is 418 g/mol. The van der Waals surface area contributed by atoms with Crippen molar-refractivity contribution in [2.75, 3.05) is 18.6 Å². The van der Waals surface area contributed by atoms with Crippen molar-refractivity contribution in [3.63, 3.8) is 0 Å². The Morgan fingerprint density at radius 3 is 2.40 bits per heavy atom. The minimum absolute atomic E-state index is 0.215. The molecule has 0 bridgehead atoms. The van der Waals surface area contributed by atoms with Crippen LogP contribution in [0.2, 0.25) is 0 Å². The highest BCUT2D eigenvalue weighted by atomic mass is 32.2. The van der Waals surface area contributed by atoms with Crippen molar-refractivity contribution in [1.82, 2.24) is 19.7 Å². The quantitative estimate of drug-likeness (QED) is 0.377. The first-order valence-corrected chi connectivity index (χ1v) is 10.1. The van der Waals surface area contributed by atoms with Gasteiger partial charge in [-0.1, -0.05) is 0 Å². The van der Waals surface area contributed by atoms with Crippen molar-refractivity contribution >= 4 is 46.5 Å². The van der Waals surface area contributed by atoms with Crippen molar-refractivity contribution in [3.05, 3.63) is 6.33 Å². The molecule has 1 aliphatic rings. The minimum atomic E-state index is -1.07. The van der Waals surface area contributed by atoms with E-state index >= 15 is 0 Å². The Morgan fingerprint density at radius 1 is 1.13 bits per heavy atom. The van der Waals surface area contributed by atoms with Gasteiger partial charge in [0.05, 0.1) is 5.39 Å². The highest BCUT2D eigenvalue weighted by Gasteiger charge is 2.51. The molecule has 0 amide bonds. The van der Waals surface area contributed by atoms with E-state index in [2.05, 4.69) is 15.1 Å². The third-order valence-corrected chi connectivity index (χ3v) is 4.93. The maximum absolute atomic E-state index is 11.8. The second-order valence-corrected chi connectivity index (χ2v) is 7.22. The fraction of sp³-hybridized carbons (Fsp3) is 0.529. The van der Waals surface area contributed by atoms with Gasteiger partial charge in [-0.15, -0.1) is 11.8 Å². The first-order chi connectivity index (χ1) is 14.2. The summed E-state index contributed by atoms with van der Waals surface area (Å²) in [6.45, 7) is 3.45. The number of carbonyl (C=O) groups excluding carboxylic acids is 3. The Labute approximate surface area is 175 Å². The van der Waals surface area contributed by atoms with E-state index in [9.17, 15) is 14.4 Å². The molecular formula is C17H21N5O7S. The third kappa shape index (κ3) is 4.31. The Hall–Kier alpha value is -2.93. The highest BCUT2D eigenvalue weighted by Crippen LogP contribution is 2.38. The number of anilines is 1. The highest BCUT2D eigenvalue weighted by molar-refractivity contribution is 7.98. The van der Waals surface area contributed by atoms with Gasteiger partial charge in [0.15, 0.2) is 24.1 Å². The molecule has 0 aliphatic carbocycles. The maximum Gasteiger partial charge on any atom is 0.303 e. The molecule has 0 aromatic carbocycles. The maximum atomic E-state index is 11.8. The van der Waals surface area contributed by atoms with Gasteiger partial charge in [-0.25, -0.2) is 14.6 Å². The van der Waals surface area contributed by atoms with Crippen LogP contribution in [0.15, 0.2) is 11.4 Å². The van der Waals surface area contributed by atoms with Crippen LogP contribution in [-0.4, -0.2) is 68.8 Å². The lowest BCUT2D eigenvalue weighted by atomic mass is 10.1. The molecule has 3 rings (SSSR count). The summed E-state index contributed by atoms with van der Waals surface area (Å²) in [4.78, 5) is 43.0. The zero-order valence-corrected chi connectivity index (χ0v) is 17.5. The van der Waals surface area contributed by atoms with Crippen molar-refractivity contribution < 1.29 is 33.3 Å². The minimum Gasteiger partial charge on any atom is -0.463 e. The normalized spacial score (nSPS) is 23.3. The number of esters is 3. The van der Waals surface area contributed by atoms with Crippen LogP contribution in [-0.2, 0) is 33.3 Å². The number of carbonyl (C=O) groups is 3. The van der Waals surface area contributed by atoms with E-state index in [-0.39, 0.29) is 12.4 Å². The number of thioether (sulfide) groups is 1. The Kier molecular flexibility index (Phi) is 6.41. The predicted molar refractivity (Wildman–Crippen MR) is 103 cm³/mol. The Bertz CT molecular complexity index is 981. The molecule has 1 aliphatic heterocycles. The first-order valence-electron chi connectivity index (χ1n) is 8.88. The molecule has 0 unspecified atom stereocenters. The van der Waals surface area contributed by atoms with Crippen LogP contribution in [0.25, 0.3) is 11.0 Å². The summed E-state index contributed by atoms with van der Waals surface area (Å²) >= 11 is 1.32. The largest absolute Gasteiger partial charge is 0.463 e. The van der Waals surface area contributed by atoms with Gasteiger partial charge in [0.1, 0.15) is 29.9 Å². The van der Waals surface area contributed by atoms with Crippen molar-refractivity contribution in [1.29, 1.82) is 0 Å². The molecule has 1 saturated heterocycles. The van der Waals surface area contributed by atoms with Gasteiger partial charge in [0, 0.05) is 20.8 Å². The van der Waals surface area contributed by atoms with E-state index in [0.29, 0.717) is 16.1 Å². The zero-order valence-electron chi connectivity index (χ0n) is 16.7. The number of aromatic nitrogens is 4. The van der Waals surface area contributed by atoms with Gasteiger partial charge in [-0.3, -0.25) is 14.4 Å². The van der Waals surface area contributed by atoms with Crippen LogP contribution >= 0.6 is 11.8 Å². The fourth-order valence-corrected chi connectivity index (χ4v) is 3.74. The van der Waals surface area contributed by atoms with Gasteiger partial charge in [-0.05, 0) is 6.26 Å². The number of nitrogen functional groups attached to an aromatic ring is 1. The van der Waals surface area contributed by atoms with Crippen LogP contribution in [0, 0.1) is 0 Å². The molecule has 3 heterocycles. The van der Waals surface area contributed by atoms with E-state index in [1.807, 2.05) is 6.26 Å². The van der Waals surface area contributed by atoms with Gasteiger partial charge >= 0.3 is 17.9 Å². The number of ether oxygens (including phenoxy) is 4. The van der Waals surface area contributed by atoms with Crippen molar-refractivity contribution in [2.45, 2.75) is 50.3 Å². The van der Waals surface area contributed by atoms with E-state index < -0.39 is 42.4 Å². The average molecular weight is 439 g/mol. The smallest absolute Gasteiger partial charge is 0.303 e. The standard InChI is InChI=1S/C17H21N5O7S/c1-7(23)26-5-10-12(27-8(2)24)13(28-9(3)25)17(29-10)22-15-11(16(21-22)30-4)14(18)19-6-20-15/h6,10,12-13,17H,5H2,1-4H3,(H2,18,19,20)/t10-,12-,13-,17-/m1/s1. The fourth-order valence-electron chi connectivity index (χ4n) is 3.17.